The molecule has 0 spiro atoms. The Morgan fingerprint density at radius 3 is 2.50 bits per heavy atom. The van der Waals surface area contributed by atoms with Crippen LogP contribution in [-0.4, -0.2) is 49.8 Å². The maximum Gasteiger partial charge on any atom is 0.268 e. The highest BCUT2D eigenvalue weighted by molar-refractivity contribution is 8.04. The number of thioether (sulfide) groups is 1. The molecule has 1 aromatic carbocycles. The van der Waals surface area contributed by atoms with Crippen LogP contribution in [0.5, 0.6) is 5.75 Å². The van der Waals surface area contributed by atoms with Gasteiger partial charge in [0.25, 0.3) is 11.8 Å². The number of carbonyl (C=O) groups excluding carboxylic acids is 2. The molecule has 2 amide bonds. The summed E-state index contributed by atoms with van der Waals surface area (Å²) in [6.07, 6.45) is 0. The molecule has 0 atom stereocenters. The van der Waals surface area contributed by atoms with Crippen LogP contribution in [0.25, 0.3) is 5.57 Å². The Hall–Kier alpha value is -1.79. The summed E-state index contributed by atoms with van der Waals surface area (Å²) < 4.78 is 10.3. The zero-order chi connectivity index (χ0) is 16.1. The van der Waals surface area contributed by atoms with Crippen molar-refractivity contribution in [3.05, 3.63) is 34.7 Å². The third kappa shape index (κ3) is 3.03. The maximum absolute atomic E-state index is 12.7. The minimum absolute atomic E-state index is 0.251. The molecule has 0 saturated heterocycles. The van der Waals surface area contributed by atoms with E-state index in [-0.39, 0.29) is 18.4 Å². The fraction of sp³-hybridized carbons (Fsp3) is 0.375. The van der Waals surface area contributed by atoms with Crippen molar-refractivity contribution < 1.29 is 19.1 Å². The van der Waals surface area contributed by atoms with Crippen LogP contribution in [0, 0.1) is 0 Å². The number of benzene rings is 1. The molecule has 0 unspecified atom stereocenters. The van der Waals surface area contributed by atoms with E-state index in [1.165, 1.54) is 16.7 Å². The van der Waals surface area contributed by atoms with Gasteiger partial charge in [-0.2, -0.15) is 0 Å². The lowest BCUT2D eigenvalue weighted by atomic mass is 10.1. The van der Waals surface area contributed by atoms with E-state index in [2.05, 4.69) is 0 Å². The van der Waals surface area contributed by atoms with Crippen molar-refractivity contribution >= 4 is 29.1 Å². The van der Waals surface area contributed by atoms with Gasteiger partial charge in [0.2, 0.25) is 0 Å². The Kier molecular flexibility index (Phi) is 5.63. The predicted octanol–water partition coefficient (Wildman–Crippen LogP) is 2.17. The average Bonchev–Trinajstić information content (AvgIpc) is 2.76. The minimum Gasteiger partial charge on any atom is -0.496 e. The molecule has 2 rings (SSSR count). The lowest BCUT2D eigenvalue weighted by Gasteiger charge is -2.14. The molecule has 0 aliphatic carbocycles. The molecule has 1 aromatic rings. The molecular formula is C16H19NO4S. The summed E-state index contributed by atoms with van der Waals surface area (Å²) in [6.45, 7) is 2.52. The fourth-order valence-corrected chi connectivity index (χ4v) is 3.17. The summed E-state index contributed by atoms with van der Waals surface area (Å²) in [4.78, 5) is 26.9. The van der Waals surface area contributed by atoms with Gasteiger partial charge in [-0.1, -0.05) is 25.1 Å². The Balaban J connectivity index is 2.48. The first kappa shape index (κ1) is 16.6. The van der Waals surface area contributed by atoms with E-state index in [1.54, 1.807) is 26.4 Å². The first-order valence-electron chi connectivity index (χ1n) is 7.01. The van der Waals surface area contributed by atoms with Crippen LogP contribution in [0.4, 0.5) is 0 Å². The molecule has 0 bridgehead atoms. The molecule has 6 heteroatoms. The number of imide groups is 1. The van der Waals surface area contributed by atoms with Crippen molar-refractivity contribution in [2.45, 2.75) is 6.92 Å². The maximum atomic E-state index is 12.7. The van der Waals surface area contributed by atoms with Crippen LogP contribution in [-0.2, 0) is 14.3 Å². The van der Waals surface area contributed by atoms with Crippen LogP contribution in [0.1, 0.15) is 12.5 Å². The molecule has 0 N–H and O–H groups in total. The number of methoxy groups -OCH3 is 2. The number of amides is 2. The van der Waals surface area contributed by atoms with Gasteiger partial charge < -0.3 is 9.47 Å². The standard InChI is InChI=1S/C16H19NO4S/c1-4-22-14-13(11-7-5-6-8-12(11)21-3)15(18)17(16(14)19)9-10-20-2/h5-8H,4,9-10H2,1-3H3. The lowest BCUT2D eigenvalue weighted by molar-refractivity contribution is -0.137. The monoisotopic (exact) mass is 321 g/mol. The van der Waals surface area contributed by atoms with Crippen LogP contribution in [0.2, 0.25) is 0 Å². The van der Waals surface area contributed by atoms with Gasteiger partial charge in [0.1, 0.15) is 5.75 Å². The van der Waals surface area contributed by atoms with E-state index < -0.39 is 0 Å². The van der Waals surface area contributed by atoms with Crippen molar-refractivity contribution in [1.29, 1.82) is 0 Å². The van der Waals surface area contributed by atoms with Gasteiger partial charge in [-0.25, -0.2) is 0 Å². The van der Waals surface area contributed by atoms with Gasteiger partial charge >= 0.3 is 0 Å². The summed E-state index contributed by atoms with van der Waals surface area (Å²) in [7, 11) is 3.09. The molecule has 5 nitrogen and oxygen atoms in total. The molecule has 22 heavy (non-hydrogen) atoms. The minimum atomic E-state index is -0.289. The van der Waals surface area contributed by atoms with Crippen LogP contribution in [0.15, 0.2) is 29.2 Å². The van der Waals surface area contributed by atoms with Gasteiger partial charge in [0.05, 0.1) is 30.7 Å². The second-order valence-corrected chi connectivity index (χ2v) is 5.87. The third-order valence-corrected chi connectivity index (χ3v) is 4.27. The summed E-state index contributed by atoms with van der Waals surface area (Å²) >= 11 is 1.38. The number of para-hydroxylation sites is 1. The first-order chi connectivity index (χ1) is 10.7. The molecule has 0 radical (unpaired) electrons. The average molecular weight is 321 g/mol. The Bertz CT molecular complexity index is 612. The number of rotatable bonds is 7. The van der Waals surface area contributed by atoms with E-state index in [1.807, 2.05) is 19.1 Å². The molecule has 118 valence electrons. The second-order valence-electron chi connectivity index (χ2n) is 4.59. The number of nitrogens with zero attached hydrogens (tertiary/aromatic N) is 1. The quantitative estimate of drug-likeness (QED) is 0.721. The molecule has 0 fully saturated rings. The normalized spacial score (nSPS) is 15.0. The van der Waals surface area contributed by atoms with Crippen molar-refractivity contribution in [1.82, 2.24) is 4.90 Å². The molecule has 1 aliphatic heterocycles. The van der Waals surface area contributed by atoms with Crippen molar-refractivity contribution in [2.24, 2.45) is 0 Å². The first-order valence-corrected chi connectivity index (χ1v) is 7.99. The largest absolute Gasteiger partial charge is 0.496 e. The summed E-state index contributed by atoms with van der Waals surface area (Å²) in [5.74, 6) is 0.754. The van der Waals surface area contributed by atoms with Gasteiger partial charge in [-0.15, -0.1) is 11.8 Å². The van der Waals surface area contributed by atoms with E-state index in [4.69, 9.17) is 9.47 Å². The van der Waals surface area contributed by atoms with Crippen LogP contribution < -0.4 is 4.74 Å². The van der Waals surface area contributed by atoms with Gasteiger partial charge in [-0.05, 0) is 11.8 Å². The predicted molar refractivity (Wildman–Crippen MR) is 86.6 cm³/mol. The smallest absolute Gasteiger partial charge is 0.268 e. The zero-order valence-electron chi connectivity index (χ0n) is 12.9. The van der Waals surface area contributed by atoms with Crippen molar-refractivity contribution in [3.8, 4) is 5.75 Å². The number of ether oxygens (including phenoxy) is 2. The zero-order valence-corrected chi connectivity index (χ0v) is 13.7. The van der Waals surface area contributed by atoms with Crippen molar-refractivity contribution in [3.63, 3.8) is 0 Å². The third-order valence-electron chi connectivity index (χ3n) is 3.31. The van der Waals surface area contributed by atoms with E-state index in [9.17, 15) is 9.59 Å². The Morgan fingerprint density at radius 1 is 1.14 bits per heavy atom. The Labute approximate surface area is 134 Å². The molecular weight excluding hydrogens is 302 g/mol. The highest BCUT2D eigenvalue weighted by Crippen LogP contribution is 2.39. The highest BCUT2D eigenvalue weighted by Gasteiger charge is 2.39. The number of hydrogen-bond donors (Lipinski definition) is 0. The molecule has 0 aromatic heterocycles. The van der Waals surface area contributed by atoms with Gasteiger partial charge in [0, 0.05) is 12.7 Å². The van der Waals surface area contributed by atoms with E-state index >= 15 is 0 Å². The van der Waals surface area contributed by atoms with Gasteiger partial charge in [0.15, 0.2) is 0 Å². The Morgan fingerprint density at radius 2 is 1.86 bits per heavy atom. The van der Waals surface area contributed by atoms with Crippen molar-refractivity contribution in [2.75, 3.05) is 33.1 Å². The summed E-state index contributed by atoms with van der Waals surface area (Å²) in [6, 6.07) is 7.25. The number of hydrogen-bond acceptors (Lipinski definition) is 5. The van der Waals surface area contributed by atoms with E-state index in [0.29, 0.717) is 34.2 Å². The van der Waals surface area contributed by atoms with Crippen LogP contribution in [0.3, 0.4) is 0 Å². The van der Waals surface area contributed by atoms with E-state index in [0.717, 1.165) is 0 Å². The lowest BCUT2D eigenvalue weighted by Crippen LogP contribution is -2.34. The highest BCUT2D eigenvalue weighted by atomic mass is 32.2. The summed E-state index contributed by atoms with van der Waals surface area (Å²) in [5.41, 5.74) is 1.07. The van der Waals surface area contributed by atoms with Crippen LogP contribution >= 0.6 is 11.8 Å². The molecule has 0 saturated carbocycles. The molecule has 1 aliphatic rings. The van der Waals surface area contributed by atoms with Gasteiger partial charge in [-0.3, -0.25) is 14.5 Å². The SMILES string of the molecule is CCSC1=C(c2ccccc2OC)C(=O)N(CCOC)C1=O. The number of carbonyl (C=O) groups is 2. The molecule has 1 heterocycles. The second kappa shape index (κ2) is 7.47. The topological polar surface area (TPSA) is 55.8 Å². The fourth-order valence-electron chi connectivity index (χ4n) is 2.31. The summed E-state index contributed by atoms with van der Waals surface area (Å²) in [5, 5.41) is 0.